The van der Waals surface area contributed by atoms with Crippen molar-refractivity contribution in [3.63, 3.8) is 0 Å². The van der Waals surface area contributed by atoms with E-state index in [9.17, 15) is 0 Å². The van der Waals surface area contributed by atoms with Gasteiger partial charge in [-0.05, 0) is 12.0 Å². The lowest BCUT2D eigenvalue weighted by atomic mass is 10.3. The minimum atomic E-state index is -1.13. The van der Waals surface area contributed by atoms with E-state index in [1.807, 2.05) is 6.92 Å². The van der Waals surface area contributed by atoms with E-state index in [0.29, 0.717) is 5.54 Å². The molecule has 0 saturated heterocycles. The fourth-order valence-electron chi connectivity index (χ4n) is 0.413. The Morgan fingerprint density at radius 2 is 2.11 bits per heavy atom. The molecule has 1 unspecified atom stereocenters. The summed E-state index contributed by atoms with van der Waals surface area (Å²) in [5.74, 6) is 0. The van der Waals surface area contributed by atoms with Crippen molar-refractivity contribution in [1.29, 1.82) is 0 Å². The van der Waals surface area contributed by atoms with Crippen molar-refractivity contribution in [3.05, 3.63) is 12.2 Å². The molecule has 0 aromatic heterocycles. The minimum Gasteiger partial charge on any atom is -0.146 e. The molecule has 0 saturated carbocycles. The monoisotopic (exact) mass is 181 g/mol. The average molecular weight is 182 g/mol. The lowest BCUT2D eigenvalue weighted by molar-refractivity contribution is 1.14. The highest BCUT2D eigenvalue weighted by molar-refractivity contribution is 7.34. The van der Waals surface area contributed by atoms with Crippen LogP contribution < -0.4 is 0 Å². The zero-order chi connectivity index (χ0) is 7.28. The standard InChI is InChI=1S/C6H11Cl2Si/c1-3-4-5-6(2)9(7)8/h4-6H,3H2,1-2H3/b5-4-. The molecule has 1 atom stereocenters. The van der Waals surface area contributed by atoms with Crippen LogP contribution >= 0.6 is 22.2 Å². The summed E-state index contributed by atoms with van der Waals surface area (Å²) in [7, 11) is -1.13. The number of hydrogen-bond donors (Lipinski definition) is 0. The third-order valence-electron chi connectivity index (χ3n) is 1.00. The average Bonchev–Trinajstić information content (AvgIpc) is 1.82. The number of hydrogen-bond acceptors (Lipinski definition) is 0. The van der Waals surface area contributed by atoms with Crippen molar-refractivity contribution in [1.82, 2.24) is 0 Å². The molecule has 0 aliphatic heterocycles. The summed E-state index contributed by atoms with van der Waals surface area (Å²) >= 11 is 11.4. The second-order valence-electron chi connectivity index (χ2n) is 1.91. The summed E-state index contributed by atoms with van der Waals surface area (Å²) in [5.41, 5.74) is 0.373. The van der Waals surface area contributed by atoms with Gasteiger partial charge in [-0.1, -0.05) is 26.0 Å². The fourth-order valence-corrected chi connectivity index (χ4v) is 1.13. The molecule has 0 fully saturated rings. The Bertz CT molecular complexity index is 91.1. The van der Waals surface area contributed by atoms with Crippen LogP contribution in [0.15, 0.2) is 12.2 Å². The largest absolute Gasteiger partial charge is 0.280 e. The third kappa shape index (κ3) is 5.01. The molecule has 0 aliphatic rings. The molecule has 0 heterocycles. The Labute approximate surface area is 67.9 Å². The number of allylic oxidation sites excluding steroid dienone is 2. The fraction of sp³-hybridized carbons (Fsp3) is 0.667. The van der Waals surface area contributed by atoms with Gasteiger partial charge in [0, 0.05) is 0 Å². The van der Waals surface area contributed by atoms with Crippen LogP contribution in [0.3, 0.4) is 0 Å². The predicted molar refractivity (Wildman–Crippen MR) is 46.3 cm³/mol. The highest BCUT2D eigenvalue weighted by Gasteiger charge is 2.09. The molecule has 0 amide bonds. The van der Waals surface area contributed by atoms with Gasteiger partial charge in [-0.25, -0.2) is 0 Å². The smallest absolute Gasteiger partial charge is 0.146 e. The summed E-state index contributed by atoms with van der Waals surface area (Å²) in [6.07, 6.45) is 5.24. The third-order valence-corrected chi connectivity index (χ3v) is 3.95. The van der Waals surface area contributed by atoms with Crippen LogP contribution in [0, 0.1) is 0 Å². The van der Waals surface area contributed by atoms with Crippen LogP contribution in [0.1, 0.15) is 20.3 Å². The van der Waals surface area contributed by atoms with Crippen molar-refractivity contribution >= 4 is 29.6 Å². The molecular weight excluding hydrogens is 171 g/mol. The number of halogens is 2. The van der Waals surface area contributed by atoms with Crippen LogP contribution in [0.25, 0.3) is 0 Å². The molecule has 0 aliphatic carbocycles. The maximum absolute atomic E-state index is 5.68. The first-order valence-corrected chi connectivity index (χ1v) is 6.63. The van der Waals surface area contributed by atoms with E-state index in [2.05, 4.69) is 19.1 Å². The van der Waals surface area contributed by atoms with Gasteiger partial charge in [-0.2, -0.15) is 0 Å². The summed E-state index contributed by atoms with van der Waals surface area (Å²) in [4.78, 5) is 0. The Balaban J connectivity index is 3.48. The van der Waals surface area contributed by atoms with E-state index in [1.54, 1.807) is 0 Å². The molecule has 0 rings (SSSR count). The molecule has 0 bridgehead atoms. The zero-order valence-electron chi connectivity index (χ0n) is 5.70. The van der Waals surface area contributed by atoms with Crippen molar-refractivity contribution in [2.45, 2.75) is 25.8 Å². The molecule has 0 nitrogen and oxygen atoms in total. The van der Waals surface area contributed by atoms with Gasteiger partial charge >= 0.3 is 0 Å². The lowest BCUT2D eigenvalue weighted by Gasteiger charge is -2.00. The number of rotatable bonds is 3. The molecule has 0 aromatic rings. The second-order valence-corrected chi connectivity index (χ2v) is 6.43. The molecule has 0 aromatic carbocycles. The van der Waals surface area contributed by atoms with Gasteiger partial charge in [0.1, 0.15) is 0 Å². The van der Waals surface area contributed by atoms with Crippen LogP contribution in [-0.2, 0) is 0 Å². The summed E-state index contributed by atoms with van der Waals surface area (Å²) < 4.78 is 0. The molecule has 0 N–H and O–H groups in total. The van der Waals surface area contributed by atoms with Crippen LogP contribution in [0.2, 0.25) is 5.54 Å². The second kappa shape index (κ2) is 5.33. The lowest BCUT2D eigenvalue weighted by Crippen LogP contribution is -1.98. The van der Waals surface area contributed by atoms with Crippen molar-refractivity contribution in [2.75, 3.05) is 0 Å². The maximum atomic E-state index is 5.68. The van der Waals surface area contributed by atoms with E-state index >= 15 is 0 Å². The summed E-state index contributed by atoms with van der Waals surface area (Å²) in [6.45, 7) is 4.14. The van der Waals surface area contributed by atoms with Gasteiger partial charge in [0.05, 0.1) is 0 Å². The molecule has 1 radical (unpaired) electrons. The highest BCUT2D eigenvalue weighted by atomic mass is 35.7. The Kier molecular flexibility index (Phi) is 5.65. The first kappa shape index (κ1) is 9.54. The Morgan fingerprint density at radius 1 is 1.56 bits per heavy atom. The zero-order valence-corrected chi connectivity index (χ0v) is 8.21. The summed E-state index contributed by atoms with van der Waals surface area (Å²) in [5, 5.41) is 0. The van der Waals surface area contributed by atoms with Crippen LogP contribution in [0.4, 0.5) is 0 Å². The topological polar surface area (TPSA) is 0 Å². The first-order chi connectivity index (χ1) is 4.18. The maximum Gasteiger partial charge on any atom is 0.280 e. The van der Waals surface area contributed by atoms with Gasteiger partial charge in [-0.15, -0.1) is 22.2 Å². The van der Waals surface area contributed by atoms with Crippen molar-refractivity contribution in [3.8, 4) is 0 Å². The van der Waals surface area contributed by atoms with Crippen molar-refractivity contribution in [2.24, 2.45) is 0 Å². The molecule has 0 spiro atoms. The van der Waals surface area contributed by atoms with E-state index in [4.69, 9.17) is 22.2 Å². The van der Waals surface area contributed by atoms with Gasteiger partial charge < -0.3 is 0 Å². The Morgan fingerprint density at radius 3 is 2.44 bits per heavy atom. The minimum absolute atomic E-state index is 0.373. The van der Waals surface area contributed by atoms with Gasteiger partial charge in [-0.3, -0.25) is 0 Å². The van der Waals surface area contributed by atoms with E-state index in [1.165, 1.54) is 0 Å². The predicted octanol–water partition coefficient (Wildman–Crippen LogP) is 3.31. The van der Waals surface area contributed by atoms with Gasteiger partial charge in [0.2, 0.25) is 0 Å². The van der Waals surface area contributed by atoms with E-state index < -0.39 is 7.42 Å². The highest BCUT2D eigenvalue weighted by Crippen LogP contribution is 2.17. The molecule has 3 heteroatoms. The first-order valence-electron chi connectivity index (χ1n) is 3.03. The molecular formula is C6H11Cl2Si. The Hall–Kier alpha value is 0.537. The van der Waals surface area contributed by atoms with Crippen LogP contribution in [0.5, 0.6) is 0 Å². The summed E-state index contributed by atoms with van der Waals surface area (Å²) in [6, 6.07) is 0. The SMILES string of the molecule is CC/C=C\C(C)[Si](Cl)Cl. The van der Waals surface area contributed by atoms with Gasteiger partial charge in [0.25, 0.3) is 7.42 Å². The molecule has 9 heavy (non-hydrogen) atoms. The normalized spacial score (nSPS) is 15.2. The van der Waals surface area contributed by atoms with E-state index in [0.717, 1.165) is 6.42 Å². The van der Waals surface area contributed by atoms with E-state index in [-0.39, 0.29) is 0 Å². The quantitative estimate of drug-likeness (QED) is 0.357. The van der Waals surface area contributed by atoms with Gasteiger partial charge in [0.15, 0.2) is 0 Å². The van der Waals surface area contributed by atoms with Crippen molar-refractivity contribution < 1.29 is 0 Å². The molecule has 53 valence electrons. The van der Waals surface area contributed by atoms with Crippen LogP contribution in [-0.4, -0.2) is 7.42 Å².